The van der Waals surface area contributed by atoms with Gasteiger partial charge >= 0.3 is 12.1 Å². The van der Waals surface area contributed by atoms with Gasteiger partial charge in [0.25, 0.3) is 11.8 Å². The smallest absolute Gasteiger partial charge is 0.408 e. The number of hydrogen-bond acceptors (Lipinski definition) is 6. The lowest BCUT2D eigenvalue weighted by atomic mass is 10.1. The number of carbonyl (C=O) groups excluding carboxylic acids is 4. The molecular weight excluding hydrogens is 340 g/mol. The Morgan fingerprint density at radius 1 is 1.19 bits per heavy atom. The normalized spacial score (nSPS) is 14.5. The van der Waals surface area contributed by atoms with Crippen LogP contribution in [0, 0.1) is 0 Å². The first-order chi connectivity index (χ1) is 12.1. The number of amides is 3. The molecule has 0 radical (unpaired) electrons. The summed E-state index contributed by atoms with van der Waals surface area (Å²) >= 11 is 0. The van der Waals surface area contributed by atoms with Crippen LogP contribution in [0.3, 0.4) is 0 Å². The van der Waals surface area contributed by atoms with Crippen LogP contribution in [0.15, 0.2) is 36.9 Å². The molecule has 1 N–H and O–H groups in total. The number of nitrogens with zero attached hydrogens (tertiary/aromatic N) is 1. The van der Waals surface area contributed by atoms with E-state index >= 15 is 0 Å². The number of alkyl carbamates (subject to hydrolysis) is 1. The molecule has 1 aliphatic rings. The van der Waals surface area contributed by atoms with E-state index in [9.17, 15) is 19.2 Å². The molecule has 1 aromatic rings. The molecule has 0 saturated heterocycles. The number of rotatable bonds is 5. The van der Waals surface area contributed by atoms with E-state index in [-0.39, 0.29) is 17.5 Å². The van der Waals surface area contributed by atoms with Crippen LogP contribution in [0.25, 0.3) is 0 Å². The predicted molar refractivity (Wildman–Crippen MR) is 91.0 cm³/mol. The molecule has 8 heteroatoms. The molecule has 0 saturated carbocycles. The summed E-state index contributed by atoms with van der Waals surface area (Å²) in [6.45, 7) is 8.53. The zero-order chi connectivity index (χ0) is 19.5. The lowest BCUT2D eigenvalue weighted by molar-refractivity contribution is -0.171. The maximum Gasteiger partial charge on any atom is 0.408 e. The van der Waals surface area contributed by atoms with E-state index in [1.54, 1.807) is 32.9 Å². The Morgan fingerprint density at radius 2 is 1.73 bits per heavy atom. The molecule has 1 aliphatic heterocycles. The Labute approximate surface area is 150 Å². The topological polar surface area (TPSA) is 102 Å². The number of fused-ring (bicyclic) bond motifs is 1. The second-order valence-corrected chi connectivity index (χ2v) is 6.58. The van der Waals surface area contributed by atoms with Crippen LogP contribution in [0.4, 0.5) is 4.79 Å². The Balaban J connectivity index is 2.09. The van der Waals surface area contributed by atoms with Gasteiger partial charge in [-0.2, -0.15) is 0 Å². The van der Waals surface area contributed by atoms with Crippen molar-refractivity contribution in [3.63, 3.8) is 0 Å². The number of benzene rings is 1. The Hall–Kier alpha value is -3.16. The molecule has 1 heterocycles. The summed E-state index contributed by atoms with van der Waals surface area (Å²) in [5.74, 6) is -2.47. The molecule has 1 unspecified atom stereocenters. The van der Waals surface area contributed by atoms with E-state index in [2.05, 4.69) is 11.9 Å². The zero-order valence-electron chi connectivity index (χ0n) is 14.8. The number of hydroxylamine groups is 2. The number of carbonyl (C=O) groups is 4. The van der Waals surface area contributed by atoms with Crippen LogP contribution in [-0.4, -0.2) is 40.6 Å². The minimum atomic E-state index is -1.16. The van der Waals surface area contributed by atoms with Crippen molar-refractivity contribution in [1.82, 2.24) is 10.4 Å². The lowest BCUT2D eigenvalue weighted by Gasteiger charge is -2.23. The van der Waals surface area contributed by atoms with Gasteiger partial charge in [0.15, 0.2) is 0 Å². The SMILES string of the molecule is C=CCC(NC(=O)OC(C)(C)C)C(=O)ON1C(=O)c2ccccc2C1=O. The first kappa shape index (κ1) is 19.2. The molecule has 26 heavy (non-hydrogen) atoms. The zero-order valence-corrected chi connectivity index (χ0v) is 14.8. The van der Waals surface area contributed by atoms with Crippen molar-refractivity contribution >= 4 is 23.9 Å². The third-order valence-corrected chi connectivity index (χ3v) is 3.32. The van der Waals surface area contributed by atoms with E-state index in [4.69, 9.17) is 9.57 Å². The summed E-state index contributed by atoms with van der Waals surface area (Å²) in [5, 5.41) is 2.73. The molecule has 138 valence electrons. The van der Waals surface area contributed by atoms with Gasteiger partial charge in [0.05, 0.1) is 11.1 Å². The maximum atomic E-state index is 12.3. The van der Waals surface area contributed by atoms with Crippen LogP contribution in [0.1, 0.15) is 47.9 Å². The second-order valence-electron chi connectivity index (χ2n) is 6.58. The fourth-order valence-electron chi connectivity index (χ4n) is 2.23. The summed E-state index contributed by atoms with van der Waals surface area (Å²) in [7, 11) is 0. The second kappa shape index (κ2) is 7.38. The van der Waals surface area contributed by atoms with Crippen molar-refractivity contribution in [3.05, 3.63) is 48.0 Å². The molecule has 0 fully saturated rings. The van der Waals surface area contributed by atoms with Gasteiger partial charge in [0.1, 0.15) is 11.6 Å². The largest absolute Gasteiger partial charge is 0.444 e. The first-order valence-corrected chi connectivity index (χ1v) is 7.94. The first-order valence-electron chi connectivity index (χ1n) is 7.94. The van der Waals surface area contributed by atoms with Gasteiger partial charge in [0.2, 0.25) is 0 Å². The Morgan fingerprint density at radius 3 is 2.19 bits per heavy atom. The van der Waals surface area contributed by atoms with E-state index < -0.39 is 35.5 Å². The van der Waals surface area contributed by atoms with E-state index in [1.807, 2.05) is 0 Å². The van der Waals surface area contributed by atoms with Crippen molar-refractivity contribution in [2.24, 2.45) is 0 Å². The highest BCUT2D eigenvalue weighted by Crippen LogP contribution is 2.23. The summed E-state index contributed by atoms with van der Waals surface area (Å²) < 4.78 is 5.09. The van der Waals surface area contributed by atoms with Crippen LogP contribution in [0.2, 0.25) is 0 Å². The molecular formula is C18H20N2O6. The average molecular weight is 360 g/mol. The standard InChI is InChI=1S/C18H20N2O6/c1-5-8-13(19-17(24)25-18(2,3)4)16(23)26-20-14(21)11-9-6-7-10-12(11)15(20)22/h5-7,9-10,13H,1,8H2,2-4H3,(H,19,24). The molecule has 0 aliphatic carbocycles. The molecule has 0 spiro atoms. The number of hydrogen-bond donors (Lipinski definition) is 1. The lowest BCUT2D eigenvalue weighted by Crippen LogP contribution is -2.46. The monoisotopic (exact) mass is 360 g/mol. The van der Waals surface area contributed by atoms with Crippen LogP contribution < -0.4 is 5.32 Å². The van der Waals surface area contributed by atoms with Gasteiger partial charge in [-0.15, -0.1) is 6.58 Å². The van der Waals surface area contributed by atoms with Gasteiger partial charge in [-0.1, -0.05) is 23.3 Å². The van der Waals surface area contributed by atoms with E-state index in [1.165, 1.54) is 18.2 Å². The number of nitrogens with one attached hydrogen (secondary N) is 1. The molecule has 1 aromatic carbocycles. The molecule has 0 bridgehead atoms. The minimum absolute atomic E-state index is 0.0290. The summed E-state index contributed by atoms with van der Waals surface area (Å²) in [6.07, 6.45) is 0.594. The Kier molecular flexibility index (Phi) is 5.44. The summed E-state index contributed by atoms with van der Waals surface area (Å²) in [4.78, 5) is 53.6. The quantitative estimate of drug-likeness (QED) is 0.638. The number of imide groups is 1. The predicted octanol–water partition coefficient (Wildman–Crippen LogP) is 2.21. The van der Waals surface area contributed by atoms with Crippen molar-refractivity contribution in [2.45, 2.75) is 38.8 Å². The van der Waals surface area contributed by atoms with Crippen LogP contribution in [0.5, 0.6) is 0 Å². The summed E-state index contributed by atoms with van der Waals surface area (Å²) in [5.41, 5.74) is -0.466. The van der Waals surface area contributed by atoms with E-state index in [0.29, 0.717) is 5.06 Å². The van der Waals surface area contributed by atoms with Crippen molar-refractivity contribution in [3.8, 4) is 0 Å². The molecule has 0 aromatic heterocycles. The van der Waals surface area contributed by atoms with E-state index in [0.717, 1.165) is 0 Å². The number of ether oxygens (including phenoxy) is 1. The highest BCUT2D eigenvalue weighted by atomic mass is 16.7. The van der Waals surface area contributed by atoms with Gasteiger partial charge in [0, 0.05) is 0 Å². The molecule has 2 rings (SSSR count). The fraction of sp³-hybridized carbons (Fsp3) is 0.333. The maximum absolute atomic E-state index is 12.3. The van der Waals surface area contributed by atoms with Gasteiger partial charge in [-0.3, -0.25) is 9.59 Å². The third-order valence-electron chi connectivity index (χ3n) is 3.32. The van der Waals surface area contributed by atoms with Gasteiger partial charge in [-0.05, 0) is 39.3 Å². The van der Waals surface area contributed by atoms with Crippen molar-refractivity contribution < 1.29 is 28.8 Å². The highest BCUT2D eigenvalue weighted by molar-refractivity contribution is 6.20. The fourth-order valence-corrected chi connectivity index (χ4v) is 2.23. The molecule has 3 amide bonds. The van der Waals surface area contributed by atoms with Crippen LogP contribution in [-0.2, 0) is 14.4 Å². The Bertz CT molecular complexity index is 730. The minimum Gasteiger partial charge on any atom is -0.444 e. The van der Waals surface area contributed by atoms with Crippen molar-refractivity contribution in [2.75, 3.05) is 0 Å². The van der Waals surface area contributed by atoms with Crippen LogP contribution >= 0.6 is 0 Å². The highest BCUT2D eigenvalue weighted by Gasteiger charge is 2.40. The molecule has 1 atom stereocenters. The van der Waals surface area contributed by atoms with Gasteiger partial charge < -0.3 is 14.9 Å². The van der Waals surface area contributed by atoms with Gasteiger partial charge in [-0.25, -0.2) is 9.59 Å². The average Bonchev–Trinajstić information content (AvgIpc) is 2.78. The summed E-state index contributed by atoms with van der Waals surface area (Å²) in [6, 6.07) is 4.96. The van der Waals surface area contributed by atoms with Crippen molar-refractivity contribution in [1.29, 1.82) is 0 Å². The molecule has 8 nitrogen and oxygen atoms in total. The third kappa shape index (κ3) is 4.27.